The molecule has 0 bridgehead atoms. The first-order valence-corrected chi connectivity index (χ1v) is 10.9. The van der Waals surface area contributed by atoms with Crippen LogP contribution >= 0.6 is 11.6 Å². The van der Waals surface area contributed by atoms with Crippen molar-refractivity contribution in [3.63, 3.8) is 0 Å². The molecule has 0 saturated carbocycles. The highest BCUT2D eigenvalue weighted by Gasteiger charge is 2.38. The van der Waals surface area contributed by atoms with Gasteiger partial charge in [0.2, 0.25) is 5.91 Å². The Morgan fingerprint density at radius 3 is 2.42 bits per heavy atom. The Morgan fingerprint density at radius 2 is 1.85 bits per heavy atom. The summed E-state index contributed by atoms with van der Waals surface area (Å²) >= 11 is 6.03. The minimum absolute atomic E-state index is 0.0241. The summed E-state index contributed by atoms with van der Waals surface area (Å²) in [6, 6.07) is 6.62. The van der Waals surface area contributed by atoms with Crippen LogP contribution in [0.3, 0.4) is 0 Å². The zero-order valence-electron chi connectivity index (χ0n) is 18.0. The number of aliphatic carboxylic acids is 1. The summed E-state index contributed by atoms with van der Waals surface area (Å²) in [5.74, 6) is -2.30. The fourth-order valence-electron chi connectivity index (χ4n) is 4.42. The summed E-state index contributed by atoms with van der Waals surface area (Å²) in [7, 11) is 2.17. The smallest absolute Gasteiger partial charge is 0.475 e. The van der Waals surface area contributed by atoms with Crippen LogP contribution in [0.5, 0.6) is 0 Å². The van der Waals surface area contributed by atoms with Crippen LogP contribution in [0.2, 0.25) is 5.02 Å². The summed E-state index contributed by atoms with van der Waals surface area (Å²) in [6.07, 6.45) is -1.18. The van der Waals surface area contributed by atoms with Gasteiger partial charge in [0, 0.05) is 30.1 Å². The van der Waals surface area contributed by atoms with Crippen LogP contribution in [0, 0.1) is 11.8 Å². The zero-order valence-corrected chi connectivity index (χ0v) is 18.8. The molecule has 1 aromatic carbocycles. The van der Waals surface area contributed by atoms with E-state index >= 15 is 0 Å². The summed E-state index contributed by atoms with van der Waals surface area (Å²) in [4.78, 5) is 29.7. The number of carbonyl (C=O) groups is 2. The number of piperidine rings is 2. The predicted molar refractivity (Wildman–Crippen MR) is 116 cm³/mol. The Labute approximate surface area is 193 Å². The van der Waals surface area contributed by atoms with Gasteiger partial charge in [-0.25, -0.2) is 4.79 Å². The Morgan fingerprint density at radius 1 is 1.21 bits per heavy atom. The number of hydrogen-bond acceptors (Lipinski definition) is 6. The van der Waals surface area contributed by atoms with Gasteiger partial charge in [0.05, 0.1) is 0 Å². The van der Waals surface area contributed by atoms with Gasteiger partial charge in [-0.15, -0.1) is 0 Å². The van der Waals surface area contributed by atoms with Gasteiger partial charge in [0.1, 0.15) is 5.52 Å². The highest BCUT2D eigenvalue weighted by atomic mass is 35.5. The fraction of sp³-hybridized carbons (Fsp3) is 0.571. The molecule has 1 amide bonds. The maximum atomic E-state index is 11.6. The Balaban J connectivity index is 0.000000383. The van der Waals surface area contributed by atoms with Crippen molar-refractivity contribution in [2.75, 3.05) is 31.6 Å². The van der Waals surface area contributed by atoms with Crippen molar-refractivity contribution < 1.29 is 32.3 Å². The van der Waals surface area contributed by atoms with Gasteiger partial charge >= 0.3 is 12.1 Å². The summed E-state index contributed by atoms with van der Waals surface area (Å²) in [5.41, 5.74) is 7.12. The number of benzene rings is 1. The average Bonchev–Trinajstić information content (AvgIpc) is 3.17. The molecule has 2 aromatic rings. The number of carboxylic acids is 1. The molecule has 2 aliphatic rings. The molecular formula is C21H26ClF3N4O4. The number of amides is 1. The normalized spacial score (nSPS) is 22.6. The van der Waals surface area contributed by atoms with E-state index in [1.54, 1.807) is 0 Å². The third kappa shape index (κ3) is 6.29. The van der Waals surface area contributed by atoms with Gasteiger partial charge < -0.3 is 25.1 Å². The van der Waals surface area contributed by atoms with Crippen molar-refractivity contribution in [3.05, 3.63) is 23.2 Å². The molecule has 1 aromatic heterocycles. The lowest BCUT2D eigenvalue weighted by atomic mass is 9.80. The maximum Gasteiger partial charge on any atom is 0.490 e. The van der Waals surface area contributed by atoms with E-state index in [1.807, 2.05) is 18.2 Å². The molecule has 2 saturated heterocycles. The van der Waals surface area contributed by atoms with E-state index in [9.17, 15) is 18.0 Å². The number of primary amides is 1. The number of aromatic nitrogens is 1. The molecule has 182 valence electrons. The second-order valence-electron chi connectivity index (χ2n) is 8.41. The van der Waals surface area contributed by atoms with E-state index in [4.69, 9.17) is 31.7 Å². The number of carboxylic acid groups (broad SMARTS) is 1. The number of anilines is 1. The van der Waals surface area contributed by atoms with Crippen LogP contribution in [0.1, 0.15) is 25.7 Å². The predicted octanol–water partition coefficient (Wildman–Crippen LogP) is 3.53. The summed E-state index contributed by atoms with van der Waals surface area (Å²) in [5, 5.41) is 7.79. The van der Waals surface area contributed by atoms with Gasteiger partial charge in [-0.1, -0.05) is 11.6 Å². The van der Waals surface area contributed by atoms with Crippen LogP contribution in [-0.4, -0.2) is 65.8 Å². The van der Waals surface area contributed by atoms with E-state index < -0.39 is 12.1 Å². The zero-order chi connectivity index (χ0) is 24.3. The molecule has 4 rings (SSSR count). The van der Waals surface area contributed by atoms with Gasteiger partial charge in [0.25, 0.3) is 6.01 Å². The number of fused-ring (bicyclic) bond motifs is 1. The van der Waals surface area contributed by atoms with Crippen molar-refractivity contribution in [1.82, 2.24) is 9.88 Å². The quantitative estimate of drug-likeness (QED) is 0.676. The van der Waals surface area contributed by atoms with Crippen molar-refractivity contribution in [3.8, 4) is 0 Å². The number of nitrogens with zero attached hydrogens (tertiary/aromatic N) is 3. The molecule has 2 aliphatic heterocycles. The van der Waals surface area contributed by atoms with E-state index in [0.29, 0.717) is 23.0 Å². The number of halogens is 4. The second kappa shape index (κ2) is 10.2. The number of rotatable bonds is 3. The highest BCUT2D eigenvalue weighted by molar-refractivity contribution is 6.31. The molecule has 2 atom stereocenters. The molecule has 2 unspecified atom stereocenters. The van der Waals surface area contributed by atoms with Gasteiger partial charge in [-0.3, -0.25) is 4.79 Å². The third-order valence-electron chi connectivity index (χ3n) is 6.26. The first-order valence-electron chi connectivity index (χ1n) is 10.6. The van der Waals surface area contributed by atoms with E-state index in [2.05, 4.69) is 21.8 Å². The second-order valence-corrected chi connectivity index (χ2v) is 8.84. The maximum absolute atomic E-state index is 11.6. The molecule has 33 heavy (non-hydrogen) atoms. The minimum atomic E-state index is -5.08. The van der Waals surface area contributed by atoms with Gasteiger partial charge in [-0.05, 0) is 63.4 Å². The molecule has 0 spiro atoms. The molecule has 12 heteroatoms. The highest BCUT2D eigenvalue weighted by Crippen LogP contribution is 2.34. The lowest BCUT2D eigenvalue weighted by molar-refractivity contribution is -0.192. The number of oxazole rings is 1. The molecular weight excluding hydrogens is 465 g/mol. The number of likely N-dealkylation sites (tertiary alicyclic amines) is 1. The fourth-order valence-corrected chi connectivity index (χ4v) is 4.59. The van der Waals surface area contributed by atoms with E-state index in [-0.39, 0.29) is 11.8 Å². The van der Waals surface area contributed by atoms with Gasteiger partial charge in [-0.2, -0.15) is 18.2 Å². The lowest BCUT2D eigenvalue weighted by Crippen LogP contribution is -2.49. The van der Waals surface area contributed by atoms with Crippen molar-refractivity contribution in [1.29, 1.82) is 0 Å². The monoisotopic (exact) mass is 490 g/mol. The van der Waals surface area contributed by atoms with Gasteiger partial charge in [0.15, 0.2) is 5.58 Å². The number of alkyl halides is 3. The first-order chi connectivity index (χ1) is 15.5. The van der Waals surface area contributed by atoms with Crippen molar-refractivity contribution in [2.45, 2.75) is 37.9 Å². The van der Waals surface area contributed by atoms with Crippen LogP contribution in [0.25, 0.3) is 11.1 Å². The number of hydrogen-bond donors (Lipinski definition) is 2. The number of carbonyl (C=O) groups excluding carboxylic acids is 1. The Kier molecular flexibility index (Phi) is 7.73. The Bertz CT molecular complexity index is 992. The topological polar surface area (TPSA) is 113 Å². The molecule has 2 fully saturated rings. The molecule has 0 radical (unpaired) electrons. The molecule has 8 nitrogen and oxygen atoms in total. The SMILES string of the molecule is CN1CCC(C(N)=O)CC1C1CCN(c2nc3cc(Cl)ccc3o2)CC1.O=C(O)C(F)(F)F. The Hall–Kier alpha value is -2.53. The number of nitrogens with two attached hydrogens (primary N) is 1. The van der Waals surface area contributed by atoms with Crippen LogP contribution in [0.15, 0.2) is 22.6 Å². The minimum Gasteiger partial charge on any atom is -0.475 e. The van der Waals surface area contributed by atoms with Crippen molar-refractivity contribution >= 4 is 40.6 Å². The van der Waals surface area contributed by atoms with E-state index in [1.165, 1.54) is 0 Å². The third-order valence-corrected chi connectivity index (χ3v) is 6.50. The standard InChI is InChI=1S/C19H25ClN4O2.C2HF3O2/c1-23-7-4-13(18(21)25)10-16(23)12-5-8-24(9-6-12)19-22-15-11-14(20)2-3-17(15)26-19;3-2(4,5)1(6)7/h2-3,11-13,16H,4-10H2,1H3,(H2,21,25);(H,6,7). The summed E-state index contributed by atoms with van der Waals surface area (Å²) < 4.78 is 37.6. The summed E-state index contributed by atoms with van der Waals surface area (Å²) in [6.45, 7) is 2.78. The first kappa shape index (κ1) is 25.1. The van der Waals surface area contributed by atoms with Crippen molar-refractivity contribution in [2.24, 2.45) is 17.6 Å². The van der Waals surface area contributed by atoms with Crippen LogP contribution < -0.4 is 10.6 Å². The average molecular weight is 491 g/mol. The lowest BCUT2D eigenvalue weighted by Gasteiger charge is -2.43. The largest absolute Gasteiger partial charge is 0.490 e. The molecule has 3 heterocycles. The van der Waals surface area contributed by atoms with Crippen LogP contribution in [0.4, 0.5) is 19.2 Å². The molecule has 0 aliphatic carbocycles. The molecule has 3 N–H and O–H groups in total. The van der Waals surface area contributed by atoms with Crippen LogP contribution in [-0.2, 0) is 9.59 Å². The van der Waals surface area contributed by atoms with E-state index in [0.717, 1.165) is 56.4 Å².